The molecule has 1 unspecified atom stereocenters. The van der Waals surface area contributed by atoms with Crippen molar-refractivity contribution in [2.45, 2.75) is 27.2 Å². The maximum absolute atomic E-state index is 11.1. The Morgan fingerprint density at radius 1 is 1.38 bits per heavy atom. The summed E-state index contributed by atoms with van der Waals surface area (Å²) >= 11 is 0. The minimum atomic E-state index is -1.35. The van der Waals surface area contributed by atoms with Gasteiger partial charge in [-0.25, -0.2) is 0 Å². The molecule has 0 rings (SSSR count). The average Bonchev–Trinajstić information content (AvgIpc) is 1.99. The van der Waals surface area contributed by atoms with Crippen LogP contribution in [0.3, 0.4) is 0 Å². The molecule has 0 aromatic rings. The van der Waals surface area contributed by atoms with Crippen molar-refractivity contribution in [2.75, 3.05) is 6.61 Å². The van der Waals surface area contributed by atoms with Gasteiger partial charge >= 0.3 is 5.97 Å². The Kier molecular flexibility index (Phi) is 5.11. The van der Waals surface area contributed by atoms with Gasteiger partial charge in [-0.05, 0) is 19.3 Å². The van der Waals surface area contributed by atoms with Gasteiger partial charge in [-0.1, -0.05) is 13.8 Å². The quantitative estimate of drug-likeness (QED) is 0.447. The van der Waals surface area contributed by atoms with E-state index in [9.17, 15) is 14.7 Å². The van der Waals surface area contributed by atoms with E-state index < -0.39 is 17.9 Å². The number of aliphatic carboxylic acids is 1. The minimum Gasteiger partial charge on any atom is -0.549 e. The van der Waals surface area contributed by atoms with Gasteiger partial charge in [-0.2, -0.15) is 0 Å². The molecule has 4 heteroatoms. The third kappa shape index (κ3) is 4.50. The van der Waals surface area contributed by atoms with Gasteiger partial charge in [-0.15, -0.1) is 0 Å². The number of esters is 1. The van der Waals surface area contributed by atoms with E-state index in [1.807, 2.05) is 13.8 Å². The second-order valence-electron chi connectivity index (χ2n) is 3.25. The topological polar surface area (TPSA) is 66.4 Å². The number of ether oxygens (including phenoxy) is 1. The number of hydrogen-bond acceptors (Lipinski definition) is 4. The highest BCUT2D eigenvalue weighted by molar-refractivity contribution is 5.92. The summed E-state index contributed by atoms with van der Waals surface area (Å²) in [6.45, 7) is 5.52. The van der Waals surface area contributed by atoms with Crippen molar-refractivity contribution < 1.29 is 19.4 Å². The number of hydrogen-bond donors (Lipinski definition) is 0. The molecule has 0 aromatic carbocycles. The SMILES string of the molecule is CCOC(=O)C(CC(C)C)C(=O)[O-]. The fourth-order valence-electron chi connectivity index (χ4n) is 1.00. The lowest BCUT2D eigenvalue weighted by molar-refractivity contribution is -0.311. The molecule has 0 aromatic heterocycles. The molecule has 0 saturated carbocycles. The monoisotopic (exact) mass is 187 g/mol. The molecule has 0 saturated heterocycles. The molecule has 0 radical (unpaired) electrons. The molecule has 0 amide bonds. The highest BCUT2D eigenvalue weighted by atomic mass is 16.5. The second kappa shape index (κ2) is 5.56. The van der Waals surface area contributed by atoms with E-state index in [4.69, 9.17) is 0 Å². The largest absolute Gasteiger partial charge is 0.549 e. The predicted molar refractivity (Wildman–Crippen MR) is 44.6 cm³/mol. The maximum atomic E-state index is 11.1. The Hall–Kier alpha value is -1.06. The Morgan fingerprint density at radius 2 is 1.92 bits per heavy atom. The summed E-state index contributed by atoms with van der Waals surface area (Å²) in [5, 5.41) is 10.5. The summed E-state index contributed by atoms with van der Waals surface area (Å²) in [7, 11) is 0. The molecule has 0 aliphatic heterocycles. The Balaban J connectivity index is 4.24. The van der Waals surface area contributed by atoms with E-state index in [1.165, 1.54) is 0 Å². The van der Waals surface area contributed by atoms with Gasteiger partial charge in [0.1, 0.15) is 0 Å². The molecule has 0 heterocycles. The lowest BCUT2D eigenvalue weighted by Gasteiger charge is -2.17. The predicted octanol–water partition coefficient (Wildman–Crippen LogP) is -0.0383. The first-order valence-corrected chi connectivity index (χ1v) is 4.36. The molecule has 76 valence electrons. The molecule has 0 N–H and O–H groups in total. The van der Waals surface area contributed by atoms with E-state index in [0.29, 0.717) is 0 Å². The molecule has 1 atom stereocenters. The molecular weight excluding hydrogens is 172 g/mol. The first kappa shape index (κ1) is 11.9. The summed E-state index contributed by atoms with van der Waals surface area (Å²) in [6.07, 6.45) is 0.265. The molecule has 0 aliphatic rings. The summed E-state index contributed by atoms with van der Waals surface area (Å²) in [5.74, 6) is -3.05. The van der Waals surface area contributed by atoms with Crippen LogP contribution in [0, 0.1) is 11.8 Å². The van der Waals surface area contributed by atoms with Crippen molar-refractivity contribution in [1.82, 2.24) is 0 Å². The van der Waals surface area contributed by atoms with Crippen molar-refractivity contribution >= 4 is 11.9 Å². The first-order chi connectivity index (χ1) is 5.99. The van der Waals surface area contributed by atoms with Gasteiger partial charge in [0.05, 0.1) is 18.5 Å². The van der Waals surface area contributed by atoms with Gasteiger partial charge in [-0.3, -0.25) is 4.79 Å². The first-order valence-electron chi connectivity index (χ1n) is 4.36. The smallest absolute Gasteiger partial charge is 0.314 e. The Morgan fingerprint density at radius 3 is 2.23 bits per heavy atom. The third-order valence-corrected chi connectivity index (χ3v) is 1.56. The summed E-state index contributed by atoms with van der Waals surface area (Å²) in [5.41, 5.74) is 0. The normalized spacial score (nSPS) is 12.6. The van der Waals surface area contributed by atoms with Crippen LogP contribution < -0.4 is 5.11 Å². The van der Waals surface area contributed by atoms with Crippen LogP contribution in [0.1, 0.15) is 27.2 Å². The van der Waals surface area contributed by atoms with E-state index in [0.717, 1.165) is 0 Å². The molecule has 13 heavy (non-hydrogen) atoms. The summed E-state index contributed by atoms with van der Waals surface area (Å²) in [6, 6.07) is 0. The van der Waals surface area contributed by atoms with Crippen LogP contribution in [0.4, 0.5) is 0 Å². The van der Waals surface area contributed by atoms with E-state index >= 15 is 0 Å². The summed E-state index contributed by atoms with van der Waals surface area (Å²) in [4.78, 5) is 21.6. The van der Waals surface area contributed by atoms with Crippen LogP contribution in [0.2, 0.25) is 0 Å². The zero-order chi connectivity index (χ0) is 10.4. The van der Waals surface area contributed by atoms with Gasteiger partial charge in [0.15, 0.2) is 0 Å². The second-order valence-corrected chi connectivity index (χ2v) is 3.25. The van der Waals surface area contributed by atoms with Crippen molar-refractivity contribution in [3.63, 3.8) is 0 Å². The molecule has 4 nitrogen and oxygen atoms in total. The van der Waals surface area contributed by atoms with E-state index in [1.54, 1.807) is 6.92 Å². The lowest BCUT2D eigenvalue weighted by Crippen LogP contribution is -2.38. The van der Waals surface area contributed by atoms with Crippen molar-refractivity contribution in [1.29, 1.82) is 0 Å². The fourth-order valence-corrected chi connectivity index (χ4v) is 1.00. The van der Waals surface area contributed by atoms with Crippen LogP contribution in [0.25, 0.3) is 0 Å². The molecule has 0 fully saturated rings. The van der Waals surface area contributed by atoms with Crippen LogP contribution in [-0.4, -0.2) is 18.5 Å². The van der Waals surface area contributed by atoms with Crippen molar-refractivity contribution in [2.24, 2.45) is 11.8 Å². The standard InChI is InChI=1S/C9H16O4/c1-4-13-9(12)7(8(10)11)5-6(2)3/h6-7H,4-5H2,1-3H3,(H,10,11)/p-1. The van der Waals surface area contributed by atoms with Crippen LogP contribution in [0.15, 0.2) is 0 Å². The van der Waals surface area contributed by atoms with Crippen molar-refractivity contribution in [3.8, 4) is 0 Å². The zero-order valence-corrected chi connectivity index (χ0v) is 8.20. The van der Waals surface area contributed by atoms with Gasteiger partial charge in [0.2, 0.25) is 0 Å². The molecular formula is C9H15O4-. The van der Waals surface area contributed by atoms with Gasteiger partial charge in [0.25, 0.3) is 0 Å². The zero-order valence-electron chi connectivity index (χ0n) is 8.20. The number of carbonyl (C=O) groups excluding carboxylic acids is 2. The number of carboxylic acids is 1. The molecule has 0 spiro atoms. The van der Waals surface area contributed by atoms with E-state index in [2.05, 4.69) is 4.74 Å². The molecule has 0 bridgehead atoms. The number of rotatable bonds is 5. The Bertz CT molecular complexity index is 186. The van der Waals surface area contributed by atoms with Crippen LogP contribution in [-0.2, 0) is 14.3 Å². The Labute approximate surface area is 77.9 Å². The summed E-state index contributed by atoms with van der Waals surface area (Å²) < 4.78 is 4.61. The van der Waals surface area contributed by atoms with E-state index in [-0.39, 0.29) is 18.9 Å². The number of carbonyl (C=O) groups is 2. The van der Waals surface area contributed by atoms with Crippen LogP contribution in [0.5, 0.6) is 0 Å². The number of carboxylic acid groups (broad SMARTS) is 1. The fraction of sp³-hybridized carbons (Fsp3) is 0.778. The third-order valence-electron chi connectivity index (χ3n) is 1.56. The maximum Gasteiger partial charge on any atom is 0.314 e. The highest BCUT2D eigenvalue weighted by Gasteiger charge is 2.21. The van der Waals surface area contributed by atoms with Gasteiger partial charge in [0, 0.05) is 0 Å². The average molecular weight is 187 g/mol. The van der Waals surface area contributed by atoms with Gasteiger partial charge < -0.3 is 14.6 Å². The van der Waals surface area contributed by atoms with Crippen LogP contribution >= 0.6 is 0 Å². The minimum absolute atomic E-state index is 0.132. The van der Waals surface area contributed by atoms with Crippen molar-refractivity contribution in [3.05, 3.63) is 0 Å². The molecule has 0 aliphatic carbocycles. The lowest BCUT2D eigenvalue weighted by atomic mass is 9.97. The highest BCUT2D eigenvalue weighted by Crippen LogP contribution is 2.12.